The van der Waals surface area contributed by atoms with Gasteiger partial charge in [-0.1, -0.05) is 13.8 Å². The molecule has 3 heteroatoms. The first-order valence-corrected chi connectivity index (χ1v) is 7.18. The van der Waals surface area contributed by atoms with Gasteiger partial charge < -0.3 is 15.0 Å². The highest BCUT2D eigenvalue weighted by molar-refractivity contribution is 4.82. The molecule has 1 saturated heterocycles. The molecule has 1 aliphatic rings. The number of piperidine rings is 1. The largest absolute Gasteiger partial charge is 0.383 e. The third kappa shape index (κ3) is 4.94. The zero-order valence-electron chi connectivity index (χ0n) is 12.0. The maximum atomic E-state index is 5.25. The van der Waals surface area contributed by atoms with Crippen molar-refractivity contribution in [3.63, 3.8) is 0 Å². The summed E-state index contributed by atoms with van der Waals surface area (Å²) in [5.41, 5.74) is 0. The zero-order chi connectivity index (χ0) is 12.7. The van der Waals surface area contributed by atoms with E-state index < -0.39 is 0 Å². The second-order valence-corrected chi connectivity index (χ2v) is 5.31. The molecule has 1 rings (SSSR count). The summed E-state index contributed by atoms with van der Waals surface area (Å²) in [5, 5.41) is 3.73. The van der Waals surface area contributed by atoms with Crippen molar-refractivity contribution in [2.24, 2.45) is 5.92 Å². The number of hydrogen-bond acceptors (Lipinski definition) is 3. The molecule has 1 N–H and O–H groups in total. The van der Waals surface area contributed by atoms with Crippen molar-refractivity contribution in [1.29, 1.82) is 0 Å². The third-order valence-corrected chi connectivity index (χ3v) is 4.06. The van der Waals surface area contributed by atoms with Crippen molar-refractivity contribution in [3.8, 4) is 0 Å². The van der Waals surface area contributed by atoms with Gasteiger partial charge in [0, 0.05) is 25.7 Å². The van der Waals surface area contributed by atoms with Crippen LogP contribution in [0.4, 0.5) is 0 Å². The van der Waals surface area contributed by atoms with Crippen molar-refractivity contribution in [1.82, 2.24) is 10.2 Å². The van der Waals surface area contributed by atoms with Crippen molar-refractivity contribution >= 4 is 0 Å². The summed E-state index contributed by atoms with van der Waals surface area (Å²) in [4.78, 5) is 2.57. The monoisotopic (exact) mass is 242 g/mol. The van der Waals surface area contributed by atoms with E-state index in [1.54, 1.807) is 7.11 Å². The first-order chi connectivity index (χ1) is 8.21. The van der Waals surface area contributed by atoms with Gasteiger partial charge in [-0.25, -0.2) is 0 Å². The number of ether oxygens (including phenoxy) is 1. The van der Waals surface area contributed by atoms with Gasteiger partial charge >= 0.3 is 0 Å². The predicted octanol–water partition coefficient (Wildman–Crippen LogP) is 2.12. The van der Waals surface area contributed by atoms with Gasteiger partial charge in [-0.15, -0.1) is 0 Å². The summed E-state index contributed by atoms with van der Waals surface area (Å²) in [6.07, 6.45) is 3.86. The van der Waals surface area contributed by atoms with E-state index in [1.165, 1.54) is 32.5 Å². The molecule has 1 fully saturated rings. The summed E-state index contributed by atoms with van der Waals surface area (Å²) < 4.78 is 5.25. The molecular weight excluding hydrogens is 212 g/mol. The van der Waals surface area contributed by atoms with Crippen LogP contribution < -0.4 is 5.32 Å². The number of methoxy groups -OCH3 is 1. The van der Waals surface area contributed by atoms with Crippen LogP contribution in [-0.4, -0.2) is 50.3 Å². The quantitative estimate of drug-likeness (QED) is 0.740. The van der Waals surface area contributed by atoms with Crippen molar-refractivity contribution in [2.45, 2.75) is 52.1 Å². The predicted molar refractivity (Wildman–Crippen MR) is 73.4 cm³/mol. The second kappa shape index (κ2) is 8.06. The Morgan fingerprint density at radius 1 is 1.41 bits per heavy atom. The fraction of sp³-hybridized carbons (Fsp3) is 1.00. The van der Waals surface area contributed by atoms with Crippen LogP contribution in [0.3, 0.4) is 0 Å². The molecule has 1 aliphatic heterocycles. The molecule has 0 bridgehead atoms. The average molecular weight is 242 g/mol. The van der Waals surface area contributed by atoms with Crippen LogP contribution in [0.5, 0.6) is 0 Å². The standard InChI is InChI=1S/C14H30N2O/c1-5-14(11-17-4)15-12(3)13-8-7-9-16(6-2)10-13/h12-15H,5-11H2,1-4H3. The SMILES string of the molecule is CCC(COC)NC(C)C1CCCN(CC)C1. The molecule has 0 aromatic heterocycles. The number of likely N-dealkylation sites (tertiary alicyclic amines) is 1. The molecule has 0 amide bonds. The minimum absolute atomic E-state index is 0.506. The van der Waals surface area contributed by atoms with E-state index in [0.717, 1.165) is 18.9 Å². The lowest BCUT2D eigenvalue weighted by Gasteiger charge is -2.36. The first kappa shape index (κ1) is 14.9. The lowest BCUT2D eigenvalue weighted by atomic mass is 9.91. The average Bonchev–Trinajstić information content (AvgIpc) is 2.38. The Balaban J connectivity index is 2.37. The fourth-order valence-corrected chi connectivity index (χ4v) is 2.78. The zero-order valence-corrected chi connectivity index (χ0v) is 12.0. The van der Waals surface area contributed by atoms with Crippen LogP contribution in [-0.2, 0) is 4.74 Å². The van der Waals surface area contributed by atoms with E-state index in [1.807, 2.05) is 0 Å². The molecule has 17 heavy (non-hydrogen) atoms. The number of nitrogens with one attached hydrogen (secondary N) is 1. The highest BCUT2D eigenvalue weighted by Crippen LogP contribution is 2.20. The lowest BCUT2D eigenvalue weighted by molar-refractivity contribution is 0.127. The van der Waals surface area contributed by atoms with Crippen LogP contribution in [0.15, 0.2) is 0 Å². The van der Waals surface area contributed by atoms with Crippen molar-refractivity contribution in [2.75, 3.05) is 33.4 Å². The molecule has 3 unspecified atom stereocenters. The molecule has 102 valence electrons. The van der Waals surface area contributed by atoms with Crippen molar-refractivity contribution in [3.05, 3.63) is 0 Å². The molecule has 3 nitrogen and oxygen atoms in total. The van der Waals surface area contributed by atoms with Gasteiger partial charge in [0.1, 0.15) is 0 Å². The molecule has 3 atom stereocenters. The number of nitrogens with zero attached hydrogens (tertiary/aromatic N) is 1. The Morgan fingerprint density at radius 3 is 2.76 bits per heavy atom. The van der Waals surface area contributed by atoms with Gasteiger partial charge in [-0.3, -0.25) is 0 Å². The van der Waals surface area contributed by atoms with E-state index in [9.17, 15) is 0 Å². The van der Waals surface area contributed by atoms with Gasteiger partial charge in [0.25, 0.3) is 0 Å². The molecule has 0 spiro atoms. The summed E-state index contributed by atoms with van der Waals surface area (Å²) >= 11 is 0. The van der Waals surface area contributed by atoms with E-state index in [4.69, 9.17) is 4.74 Å². The minimum Gasteiger partial charge on any atom is -0.383 e. The molecule has 0 aliphatic carbocycles. The van der Waals surface area contributed by atoms with E-state index in [-0.39, 0.29) is 0 Å². The van der Waals surface area contributed by atoms with Crippen LogP contribution in [0.1, 0.15) is 40.0 Å². The van der Waals surface area contributed by atoms with E-state index in [0.29, 0.717) is 12.1 Å². The van der Waals surface area contributed by atoms with Crippen LogP contribution in [0, 0.1) is 5.92 Å². The third-order valence-electron chi connectivity index (χ3n) is 4.06. The van der Waals surface area contributed by atoms with Gasteiger partial charge in [-0.05, 0) is 45.2 Å². The Labute approximate surface area is 107 Å². The summed E-state index contributed by atoms with van der Waals surface area (Å²) in [7, 11) is 1.79. The molecular formula is C14H30N2O. The van der Waals surface area contributed by atoms with Gasteiger partial charge in [0.2, 0.25) is 0 Å². The van der Waals surface area contributed by atoms with Crippen LogP contribution >= 0.6 is 0 Å². The Hall–Kier alpha value is -0.120. The summed E-state index contributed by atoms with van der Waals surface area (Å²) in [6, 6.07) is 1.11. The smallest absolute Gasteiger partial charge is 0.0615 e. The van der Waals surface area contributed by atoms with Gasteiger partial charge in [-0.2, -0.15) is 0 Å². The summed E-state index contributed by atoms with van der Waals surface area (Å²) in [5.74, 6) is 0.801. The summed E-state index contributed by atoms with van der Waals surface area (Å²) in [6.45, 7) is 11.4. The van der Waals surface area contributed by atoms with E-state index >= 15 is 0 Å². The van der Waals surface area contributed by atoms with Crippen LogP contribution in [0.2, 0.25) is 0 Å². The Kier molecular flexibility index (Phi) is 7.09. The van der Waals surface area contributed by atoms with Crippen molar-refractivity contribution < 1.29 is 4.74 Å². The van der Waals surface area contributed by atoms with Crippen LogP contribution in [0.25, 0.3) is 0 Å². The van der Waals surface area contributed by atoms with Gasteiger partial charge in [0.05, 0.1) is 6.61 Å². The normalized spacial score (nSPS) is 25.8. The highest BCUT2D eigenvalue weighted by Gasteiger charge is 2.24. The maximum absolute atomic E-state index is 5.25. The molecule has 0 saturated carbocycles. The molecule has 1 heterocycles. The molecule has 0 aromatic carbocycles. The number of hydrogen-bond donors (Lipinski definition) is 1. The first-order valence-electron chi connectivity index (χ1n) is 7.18. The minimum atomic E-state index is 0.506. The molecule has 0 radical (unpaired) electrons. The topological polar surface area (TPSA) is 24.5 Å². The molecule has 0 aromatic rings. The highest BCUT2D eigenvalue weighted by atomic mass is 16.5. The fourth-order valence-electron chi connectivity index (χ4n) is 2.78. The Morgan fingerprint density at radius 2 is 2.18 bits per heavy atom. The van der Waals surface area contributed by atoms with Gasteiger partial charge in [0.15, 0.2) is 0 Å². The van der Waals surface area contributed by atoms with E-state index in [2.05, 4.69) is 31.0 Å². The second-order valence-electron chi connectivity index (χ2n) is 5.31. The number of rotatable bonds is 7. The Bertz CT molecular complexity index is 199. The lowest BCUT2D eigenvalue weighted by Crippen LogP contribution is -2.48. The maximum Gasteiger partial charge on any atom is 0.0615 e.